The van der Waals surface area contributed by atoms with Crippen LogP contribution >= 0.6 is 0 Å². The van der Waals surface area contributed by atoms with Crippen molar-refractivity contribution >= 4 is 17.4 Å². The van der Waals surface area contributed by atoms with Gasteiger partial charge in [-0.05, 0) is 38.0 Å². The number of nitrogens with zero attached hydrogens (tertiary/aromatic N) is 2. The predicted octanol–water partition coefficient (Wildman–Crippen LogP) is 3.55. The number of carbonyl (C=O) groups is 1. The third kappa shape index (κ3) is 6.16. The molecular formula is C27H34N4O5. The van der Waals surface area contributed by atoms with Crippen LogP contribution in [0.4, 0.5) is 11.5 Å². The van der Waals surface area contributed by atoms with Crippen molar-refractivity contribution in [3.63, 3.8) is 0 Å². The van der Waals surface area contributed by atoms with Gasteiger partial charge in [0.1, 0.15) is 17.3 Å². The van der Waals surface area contributed by atoms with Crippen LogP contribution in [0.3, 0.4) is 0 Å². The lowest BCUT2D eigenvalue weighted by Crippen LogP contribution is -2.41. The highest BCUT2D eigenvalue weighted by Crippen LogP contribution is 2.25. The second kappa shape index (κ2) is 12.1. The Morgan fingerprint density at radius 3 is 2.56 bits per heavy atom. The molecule has 0 aliphatic rings. The molecule has 0 saturated carbocycles. The van der Waals surface area contributed by atoms with Crippen molar-refractivity contribution in [2.75, 3.05) is 24.4 Å². The second-order valence-electron chi connectivity index (χ2n) is 8.66. The number of rotatable bonds is 11. The fourth-order valence-corrected chi connectivity index (χ4v) is 4.02. The molecule has 9 heteroatoms. The second-order valence-corrected chi connectivity index (χ2v) is 8.66. The van der Waals surface area contributed by atoms with Gasteiger partial charge in [-0.15, -0.1) is 0 Å². The minimum atomic E-state index is -0.719. The van der Waals surface area contributed by atoms with E-state index in [1.54, 1.807) is 6.07 Å². The third-order valence-electron chi connectivity index (χ3n) is 5.95. The molecule has 3 rings (SSSR count). The molecule has 0 fully saturated rings. The predicted molar refractivity (Wildman–Crippen MR) is 141 cm³/mol. The molecule has 1 aromatic heterocycles. The third-order valence-corrected chi connectivity index (χ3v) is 5.95. The zero-order chi connectivity index (χ0) is 26.2. The summed E-state index contributed by atoms with van der Waals surface area (Å²) < 4.78 is 12.6. The van der Waals surface area contributed by atoms with Crippen LogP contribution in [-0.4, -0.2) is 29.2 Å². The van der Waals surface area contributed by atoms with E-state index >= 15 is 0 Å². The van der Waals surface area contributed by atoms with Gasteiger partial charge in [-0.3, -0.25) is 24.0 Å². The first kappa shape index (κ1) is 26.6. The van der Waals surface area contributed by atoms with E-state index in [0.29, 0.717) is 30.0 Å². The monoisotopic (exact) mass is 494 g/mol. The number of nitrogen functional groups attached to an aromatic ring is 1. The number of aryl methyl sites for hydroxylation is 2. The van der Waals surface area contributed by atoms with Gasteiger partial charge in [0.05, 0.1) is 26.7 Å². The van der Waals surface area contributed by atoms with Crippen LogP contribution in [0.1, 0.15) is 42.9 Å². The van der Waals surface area contributed by atoms with Gasteiger partial charge < -0.3 is 15.2 Å². The minimum Gasteiger partial charge on any atom is -0.496 e. The molecule has 192 valence electrons. The van der Waals surface area contributed by atoms with Crippen LogP contribution in [0.25, 0.3) is 0 Å². The van der Waals surface area contributed by atoms with Gasteiger partial charge >= 0.3 is 5.69 Å². The number of hydrogen-bond acceptors (Lipinski definition) is 6. The van der Waals surface area contributed by atoms with Crippen LogP contribution in [0.15, 0.2) is 52.1 Å². The number of nitrogens with one attached hydrogen (secondary N) is 1. The Hall–Kier alpha value is -4.01. The van der Waals surface area contributed by atoms with E-state index in [1.165, 1.54) is 16.6 Å². The SMILES string of the molecule is CCCCn1c(N)c(N(Cc2ccccc2OC)C(=O)CCOc2ccc(C)cc2C)c(=O)[nH]c1=O. The van der Waals surface area contributed by atoms with Crippen LogP contribution in [0.5, 0.6) is 11.5 Å². The highest BCUT2D eigenvalue weighted by atomic mass is 16.5. The number of methoxy groups -OCH3 is 1. The number of benzene rings is 2. The molecule has 0 unspecified atom stereocenters. The van der Waals surface area contributed by atoms with Gasteiger partial charge in [-0.1, -0.05) is 49.2 Å². The maximum atomic E-state index is 13.5. The number of carbonyl (C=O) groups excluding carboxylic acids is 1. The lowest BCUT2D eigenvalue weighted by Gasteiger charge is -2.25. The summed E-state index contributed by atoms with van der Waals surface area (Å²) >= 11 is 0. The Labute approximate surface area is 210 Å². The lowest BCUT2D eigenvalue weighted by atomic mass is 10.1. The molecule has 36 heavy (non-hydrogen) atoms. The number of ether oxygens (including phenoxy) is 2. The molecule has 0 radical (unpaired) electrons. The summed E-state index contributed by atoms with van der Waals surface area (Å²) in [5, 5.41) is 0. The largest absolute Gasteiger partial charge is 0.496 e. The number of hydrogen-bond donors (Lipinski definition) is 2. The Bertz CT molecular complexity index is 1330. The summed E-state index contributed by atoms with van der Waals surface area (Å²) in [4.78, 5) is 42.5. The fraction of sp³-hybridized carbons (Fsp3) is 0.370. The standard InChI is InChI=1S/C27H34N4O5/c1-5-6-14-30-25(28)24(26(33)29-27(30)34)31(17-20-9-7-8-10-22(20)35-4)23(32)13-15-36-21-12-11-18(2)16-19(21)3/h7-12,16H,5-6,13-15,17,28H2,1-4H3,(H,29,33,34). The van der Waals surface area contributed by atoms with Crippen LogP contribution < -0.4 is 31.4 Å². The lowest BCUT2D eigenvalue weighted by molar-refractivity contribution is -0.119. The van der Waals surface area contributed by atoms with Crippen molar-refractivity contribution in [1.29, 1.82) is 0 Å². The highest BCUT2D eigenvalue weighted by Gasteiger charge is 2.25. The average Bonchev–Trinajstić information content (AvgIpc) is 2.84. The highest BCUT2D eigenvalue weighted by molar-refractivity contribution is 5.95. The zero-order valence-electron chi connectivity index (χ0n) is 21.3. The van der Waals surface area contributed by atoms with Gasteiger partial charge in [0.2, 0.25) is 5.91 Å². The van der Waals surface area contributed by atoms with E-state index in [9.17, 15) is 14.4 Å². The Balaban J connectivity index is 1.96. The molecule has 0 aliphatic carbocycles. The van der Waals surface area contributed by atoms with Crippen molar-refractivity contribution < 1.29 is 14.3 Å². The Kier molecular flexibility index (Phi) is 8.94. The molecule has 1 heterocycles. The molecule has 0 atom stereocenters. The van der Waals surface area contributed by atoms with E-state index < -0.39 is 11.2 Å². The van der Waals surface area contributed by atoms with Crippen LogP contribution in [0, 0.1) is 13.8 Å². The first-order valence-corrected chi connectivity index (χ1v) is 12.0. The number of para-hydroxylation sites is 1. The van der Waals surface area contributed by atoms with Gasteiger partial charge in [0, 0.05) is 12.1 Å². The summed E-state index contributed by atoms with van der Waals surface area (Å²) in [6.07, 6.45) is 1.52. The van der Waals surface area contributed by atoms with E-state index in [-0.39, 0.29) is 37.0 Å². The first-order valence-electron chi connectivity index (χ1n) is 12.0. The minimum absolute atomic E-state index is 0.00453. The number of unbranched alkanes of at least 4 members (excludes halogenated alkanes) is 1. The Morgan fingerprint density at radius 1 is 1.11 bits per heavy atom. The number of aromatic nitrogens is 2. The van der Waals surface area contributed by atoms with E-state index in [0.717, 1.165) is 17.5 Å². The summed E-state index contributed by atoms with van der Waals surface area (Å²) in [5.41, 5.74) is 7.72. The Morgan fingerprint density at radius 2 is 1.86 bits per heavy atom. The fourth-order valence-electron chi connectivity index (χ4n) is 4.02. The van der Waals surface area contributed by atoms with E-state index in [1.807, 2.05) is 57.2 Å². The number of amides is 1. The molecule has 9 nitrogen and oxygen atoms in total. The number of anilines is 2. The topological polar surface area (TPSA) is 120 Å². The number of aromatic amines is 1. The van der Waals surface area contributed by atoms with Crippen molar-refractivity contribution in [2.45, 2.75) is 53.1 Å². The maximum Gasteiger partial charge on any atom is 0.330 e. The summed E-state index contributed by atoms with van der Waals surface area (Å²) in [6.45, 7) is 6.40. The van der Waals surface area contributed by atoms with Crippen molar-refractivity contribution in [3.8, 4) is 11.5 Å². The first-order chi connectivity index (χ1) is 17.3. The molecular weight excluding hydrogens is 460 g/mol. The molecule has 0 spiro atoms. The molecule has 3 aromatic rings. The van der Waals surface area contributed by atoms with Crippen LogP contribution in [0.2, 0.25) is 0 Å². The normalized spacial score (nSPS) is 10.8. The van der Waals surface area contributed by atoms with Gasteiger partial charge in [0.15, 0.2) is 5.69 Å². The molecule has 2 aromatic carbocycles. The summed E-state index contributed by atoms with van der Waals surface area (Å²) in [6, 6.07) is 13.0. The summed E-state index contributed by atoms with van der Waals surface area (Å²) in [7, 11) is 1.54. The van der Waals surface area contributed by atoms with Crippen LogP contribution in [-0.2, 0) is 17.9 Å². The molecule has 3 N–H and O–H groups in total. The number of nitrogens with two attached hydrogens (primary N) is 1. The molecule has 1 amide bonds. The van der Waals surface area contributed by atoms with E-state index in [4.69, 9.17) is 15.2 Å². The average molecular weight is 495 g/mol. The van der Waals surface area contributed by atoms with Gasteiger partial charge in [-0.25, -0.2) is 4.79 Å². The van der Waals surface area contributed by atoms with Gasteiger partial charge in [-0.2, -0.15) is 0 Å². The van der Waals surface area contributed by atoms with Crippen molar-refractivity contribution in [1.82, 2.24) is 9.55 Å². The smallest absolute Gasteiger partial charge is 0.330 e. The quantitative estimate of drug-likeness (QED) is 0.421. The van der Waals surface area contributed by atoms with Crippen molar-refractivity contribution in [2.24, 2.45) is 0 Å². The van der Waals surface area contributed by atoms with Gasteiger partial charge in [0.25, 0.3) is 5.56 Å². The maximum absolute atomic E-state index is 13.5. The number of H-pyrrole nitrogens is 1. The van der Waals surface area contributed by atoms with Crippen molar-refractivity contribution in [3.05, 3.63) is 80.0 Å². The summed E-state index contributed by atoms with van der Waals surface area (Å²) in [5.74, 6) is 0.839. The molecule has 0 bridgehead atoms. The zero-order valence-corrected chi connectivity index (χ0v) is 21.3. The van der Waals surface area contributed by atoms with E-state index in [2.05, 4.69) is 4.98 Å². The molecule has 0 aliphatic heterocycles. The molecule has 0 saturated heterocycles.